The molecular formula is C8H11BrN4O3. The summed E-state index contributed by atoms with van der Waals surface area (Å²) < 4.78 is 1.35. The lowest BCUT2D eigenvalue weighted by atomic mass is 9.91. The molecule has 1 aromatic heterocycles. The van der Waals surface area contributed by atoms with E-state index in [0.717, 1.165) is 0 Å². The Labute approximate surface area is 100 Å². The van der Waals surface area contributed by atoms with Crippen molar-refractivity contribution in [2.45, 2.75) is 27.3 Å². The first kappa shape index (κ1) is 12.8. The van der Waals surface area contributed by atoms with Crippen molar-refractivity contribution in [2.75, 3.05) is 0 Å². The molecule has 0 radical (unpaired) electrons. The van der Waals surface area contributed by atoms with Gasteiger partial charge in [-0.05, 0) is 9.91 Å². The van der Waals surface area contributed by atoms with Gasteiger partial charge in [0.05, 0.1) is 0 Å². The number of carbonyl (C=O) groups is 1. The van der Waals surface area contributed by atoms with Gasteiger partial charge in [0.2, 0.25) is 0 Å². The van der Waals surface area contributed by atoms with Crippen molar-refractivity contribution < 1.29 is 9.72 Å². The summed E-state index contributed by atoms with van der Waals surface area (Å²) in [4.78, 5) is 25.0. The van der Waals surface area contributed by atoms with E-state index in [2.05, 4.69) is 26.0 Å². The first-order valence-corrected chi connectivity index (χ1v) is 5.29. The maximum atomic E-state index is 11.7. The predicted molar refractivity (Wildman–Crippen MR) is 58.8 cm³/mol. The van der Waals surface area contributed by atoms with Crippen LogP contribution in [0.3, 0.4) is 0 Å². The smallest absolute Gasteiger partial charge is 0.390 e. The number of rotatable bonds is 3. The lowest BCUT2D eigenvalue weighted by molar-refractivity contribution is -0.394. The van der Waals surface area contributed by atoms with Crippen LogP contribution in [0.5, 0.6) is 0 Å². The Morgan fingerprint density at radius 2 is 2.12 bits per heavy atom. The van der Waals surface area contributed by atoms with Gasteiger partial charge in [-0.3, -0.25) is 4.79 Å². The quantitative estimate of drug-likeness (QED) is 0.622. The maximum absolute atomic E-state index is 11.7. The number of ketones is 1. The average Bonchev–Trinajstić information content (AvgIpc) is 2.46. The molecule has 0 aliphatic rings. The van der Waals surface area contributed by atoms with Crippen LogP contribution in [-0.2, 0) is 11.3 Å². The molecule has 8 heteroatoms. The monoisotopic (exact) mass is 290 g/mol. The third-order valence-electron chi connectivity index (χ3n) is 1.91. The highest BCUT2D eigenvalue weighted by molar-refractivity contribution is 9.10. The Balaban J connectivity index is 2.90. The number of halogens is 1. The zero-order chi connectivity index (χ0) is 12.5. The number of hydrogen-bond donors (Lipinski definition) is 0. The second-order valence-corrected chi connectivity index (χ2v) is 4.98. The summed E-state index contributed by atoms with van der Waals surface area (Å²) in [6.45, 7) is 5.28. The normalized spacial score (nSPS) is 11.5. The van der Waals surface area contributed by atoms with Gasteiger partial charge in [-0.1, -0.05) is 20.8 Å². The molecule has 16 heavy (non-hydrogen) atoms. The summed E-state index contributed by atoms with van der Waals surface area (Å²) in [5.41, 5.74) is -0.514. The number of aromatic nitrogens is 3. The van der Waals surface area contributed by atoms with Crippen LogP contribution in [0, 0.1) is 15.5 Å². The molecular weight excluding hydrogens is 280 g/mol. The van der Waals surface area contributed by atoms with Crippen LogP contribution >= 0.6 is 15.9 Å². The van der Waals surface area contributed by atoms with Crippen LogP contribution < -0.4 is 0 Å². The predicted octanol–water partition coefficient (Wildman–Crippen LogP) is 1.56. The van der Waals surface area contributed by atoms with E-state index in [1.54, 1.807) is 20.8 Å². The molecule has 1 rings (SSSR count). The molecule has 0 saturated heterocycles. The lowest BCUT2D eigenvalue weighted by Gasteiger charge is -2.15. The van der Waals surface area contributed by atoms with Gasteiger partial charge in [-0.25, -0.2) is 0 Å². The molecule has 0 fully saturated rings. The molecule has 0 unspecified atom stereocenters. The van der Waals surface area contributed by atoms with Crippen LogP contribution in [0.25, 0.3) is 0 Å². The summed E-state index contributed by atoms with van der Waals surface area (Å²) in [7, 11) is 0. The molecule has 0 spiro atoms. The van der Waals surface area contributed by atoms with Gasteiger partial charge in [0, 0.05) is 26.4 Å². The fraction of sp³-hybridized carbons (Fsp3) is 0.625. The van der Waals surface area contributed by atoms with Crippen LogP contribution in [0.4, 0.5) is 5.95 Å². The minimum atomic E-state index is -0.706. The summed E-state index contributed by atoms with van der Waals surface area (Å²) in [6, 6.07) is 0. The molecule has 0 aromatic carbocycles. The van der Waals surface area contributed by atoms with Crippen LogP contribution in [0.1, 0.15) is 20.8 Å². The van der Waals surface area contributed by atoms with E-state index in [4.69, 9.17) is 0 Å². The van der Waals surface area contributed by atoms with Crippen molar-refractivity contribution in [3.8, 4) is 0 Å². The highest BCUT2D eigenvalue weighted by atomic mass is 79.9. The molecule has 7 nitrogen and oxygen atoms in total. The van der Waals surface area contributed by atoms with Crippen molar-refractivity contribution >= 4 is 27.7 Å². The summed E-state index contributed by atoms with van der Waals surface area (Å²) in [6.07, 6.45) is 0. The zero-order valence-electron chi connectivity index (χ0n) is 9.10. The van der Waals surface area contributed by atoms with Crippen molar-refractivity contribution in [1.29, 1.82) is 0 Å². The number of Topliss-reactive ketones (excluding diaryl/α,β-unsaturated/α-hetero) is 1. The van der Waals surface area contributed by atoms with Crippen molar-refractivity contribution in [1.82, 2.24) is 14.8 Å². The van der Waals surface area contributed by atoms with Crippen LogP contribution in [0.2, 0.25) is 0 Å². The Bertz CT molecular complexity index is 435. The fourth-order valence-corrected chi connectivity index (χ4v) is 1.23. The molecule has 0 aliphatic heterocycles. The standard InChI is InChI=1S/C8H11BrN4O3/c1-8(2,3)5(14)4-12-6(9)10-7(11-12)13(15)16/h4H2,1-3H3. The van der Waals surface area contributed by atoms with E-state index >= 15 is 0 Å². The van der Waals surface area contributed by atoms with Crippen LogP contribution in [0.15, 0.2) is 4.73 Å². The van der Waals surface area contributed by atoms with E-state index in [1.165, 1.54) is 4.68 Å². The number of nitro groups is 1. The SMILES string of the molecule is CC(C)(C)C(=O)Cn1nc([N+](=O)[O-])nc1Br. The van der Waals surface area contributed by atoms with Crippen molar-refractivity contribution in [3.63, 3.8) is 0 Å². The highest BCUT2D eigenvalue weighted by Crippen LogP contribution is 2.18. The molecule has 0 bridgehead atoms. The largest absolute Gasteiger partial charge is 0.492 e. The van der Waals surface area contributed by atoms with Gasteiger partial charge in [-0.15, -0.1) is 0 Å². The first-order valence-electron chi connectivity index (χ1n) is 4.50. The van der Waals surface area contributed by atoms with Gasteiger partial charge in [0.1, 0.15) is 6.54 Å². The molecule has 0 aliphatic carbocycles. The first-order chi connectivity index (χ1) is 7.21. The Morgan fingerprint density at radius 1 is 1.56 bits per heavy atom. The Hall–Kier alpha value is -1.31. The van der Waals surface area contributed by atoms with E-state index in [1.807, 2.05) is 0 Å². The summed E-state index contributed by atoms with van der Waals surface area (Å²) in [5, 5.41) is 14.0. The molecule has 0 N–H and O–H groups in total. The van der Waals surface area contributed by atoms with Gasteiger partial charge >= 0.3 is 5.95 Å². The minimum Gasteiger partial charge on any atom is -0.390 e. The van der Waals surface area contributed by atoms with Crippen LogP contribution in [-0.4, -0.2) is 25.5 Å². The lowest BCUT2D eigenvalue weighted by Crippen LogP contribution is -2.25. The number of carbonyl (C=O) groups excluding carboxylic acids is 1. The highest BCUT2D eigenvalue weighted by Gasteiger charge is 2.26. The van der Waals surface area contributed by atoms with Crippen molar-refractivity contribution in [2.24, 2.45) is 5.41 Å². The van der Waals surface area contributed by atoms with Crippen molar-refractivity contribution in [3.05, 3.63) is 14.8 Å². The number of hydrogen-bond acceptors (Lipinski definition) is 5. The average molecular weight is 291 g/mol. The third kappa shape index (κ3) is 2.84. The molecule has 0 saturated carbocycles. The minimum absolute atomic E-state index is 0.0368. The molecule has 1 aromatic rings. The molecule has 0 amide bonds. The molecule has 0 atom stereocenters. The third-order valence-corrected chi connectivity index (χ3v) is 2.50. The van der Waals surface area contributed by atoms with Gasteiger partial charge in [-0.2, -0.15) is 4.68 Å². The van der Waals surface area contributed by atoms with E-state index in [0.29, 0.717) is 0 Å². The van der Waals surface area contributed by atoms with Gasteiger partial charge in [0.25, 0.3) is 4.73 Å². The number of nitrogens with zero attached hydrogens (tertiary/aromatic N) is 4. The fourth-order valence-electron chi connectivity index (χ4n) is 0.863. The summed E-state index contributed by atoms with van der Waals surface area (Å²) >= 11 is 3.01. The van der Waals surface area contributed by atoms with E-state index in [-0.39, 0.29) is 17.1 Å². The molecule has 88 valence electrons. The Kier molecular flexibility index (Phi) is 3.41. The topological polar surface area (TPSA) is 90.9 Å². The van der Waals surface area contributed by atoms with Gasteiger partial charge < -0.3 is 10.1 Å². The zero-order valence-corrected chi connectivity index (χ0v) is 10.7. The second kappa shape index (κ2) is 4.28. The summed E-state index contributed by atoms with van der Waals surface area (Å²) in [5.74, 6) is -0.596. The van der Waals surface area contributed by atoms with E-state index < -0.39 is 16.3 Å². The van der Waals surface area contributed by atoms with Gasteiger partial charge in [0.15, 0.2) is 5.78 Å². The second-order valence-electron chi connectivity index (χ2n) is 4.27. The maximum Gasteiger partial charge on any atom is 0.492 e. The Morgan fingerprint density at radius 3 is 2.50 bits per heavy atom. The van der Waals surface area contributed by atoms with E-state index in [9.17, 15) is 14.9 Å². The molecule has 1 heterocycles.